The van der Waals surface area contributed by atoms with E-state index >= 15 is 0 Å². The largest absolute Gasteiger partial charge is 0.468 e. The number of sulfonamides is 1. The Balaban J connectivity index is 2.09. The Hall–Kier alpha value is -1.59. The summed E-state index contributed by atoms with van der Waals surface area (Å²) in [7, 11) is -3.47. The summed E-state index contributed by atoms with van der Waals surface area (Å²) >= 11 is 0. The molecule has 0 bridgehead atoms. The second kappa shape index (κ2) is 5.37. The molecule has 4 nitrogen and oxygen atoms in total. The number of hydrogen-bond donors (Lipinski definition) is 1. The van der Waals surface area contributed by atoms with Crippen LogP contribution in [-0.4, -0.2) is 8.42 Å². The molecule has 0 atom stereocenters. The predicted octanol–water partition coefficient (Wildman–Crippen LogP) is 2.32. The van der Waals surface area contributed by atoms with E-state index in [2.05, 4.69) is 4.72 Å². The fraction of sp³-hybridized carbons (Fsp3) is 0.231. The number of aryl methyl sites for hydroxylation is 1. The van der Waals surface area contributed by atoms with Gasteiger partial charge < -0.3 is 4.42 Å². The molecule has 0 amide bonds. The van der Waals surface area contributed by atoms with Crippen molar-refractivity contribution in [3.8, 4) is 0 Å². The van der Waals surface area contributed by atoms with E-state index < -0.39 is 10.0 Å². The molecule has 0 spiro atoms. The summed E-state index contributed by atoms with van der Waals surface area (Å²) in [5.74, 6) is 0.587. The maximum absolute atomic E-state index is 12.0. The molecule has 96 valence electrons. The Morgan fingerprint density at radius 1 is 1.17 bits per heavy atom. The molecule has 2 aromatic rings. The van der Waals surface area contributed by atoms with E-state index in [4.69, 9.17) is 4.42 Å². The molecular formula is C13H15NO3S. The average Bonchev–Trinajstić information content (AvgIpc) is 2.90. The summed E-state index contributed by atoms with van der Waals surface area (Å²) in [6.07, 6.45) is 2.40. The smallest absolute Gasteiger partial charge is 0.240 e. The minimum Gasteiger partial charge on any atom is -0.468 e. The molecule has 0 saturated heterocycles. The van der Waals surface area contributed by atoms with E-state index in [0.29, 0.717) is 5.76 Å². The zero-order valence-corrected chi connectivity index (χ0v) is 10.9. The Bertz CT molecular complexity index is 586. The molecule has 5 heteroatoms. The maximum atomic E-state index is 12.0. The van der Waals surface area contributed by atoms with E-state index in [1.807, 2.05) is 19.1 Å². The van der Waals surface area contributed by atoms with Gasteiger partial charge in [0.1, 0.15) is 5.76 Å². The first kappa shape index (κ1) is 12.9. The molecule has 18 heavy (non-hydrogen) atoms. The summed E-state index contributed by atoms with van der Waals surface area (Å²) in [6, 6.07) is 10.3. The second-order valence-corrected chi connectivity index (χ2v) is 5.67. The van der Waals surface area contributed by atoms with Crippen LogP contribution in [0.2, 0.25) is 0 Å². The van der Waals surface area contributed by atoms with Gasteiger partial charge in [0, 0.05) is 0 Å². The highest BCUT2D eigenvalue weighted by Gasteiger charge is 2.13. The molecule has 1 N–H and O–H groups in total. The lowest BCUT2D eigenvalue weighted by atomic mass is 10.2. The third kappa shape index (κ3) is 3.00. The Labute approximate surface area is 107 Å². The van der Waals surface area contributed by atoms with Crippen molar-refractivity contribution in [2.75, 3.05) is 0 Å². The number of nitrogens with one attached hydrogen (secondary N) is 1. The molecule has 0 radical (unpaired) electrons. The van der Waals surface area contributed by atoms with Crippen molar-refractivity contribution in [2.45, 2.75) is 24.8 Å². The first-order valence-electron chi connectivity index (χ1n) is 5.73. The van der Waals surface area contributed by atoms with E-state index in [1.165, 1.54) is 6.26 Å². The summed E-state index contributed by atoms with van der Waals surface area (Å²) in [5.41, 5.74) is 1.11. The lowest BCUT2D eigenvalue weighted by molar-refractivity contribution is 0.498. The highest BCUT2D eigenvalue weighted by atomic mass is 32.2. The van der Waals surface area contributed by atoms with Gasteiger partial charge in [0.25, 0.3) is 0 Å². The molecule has 0 fully saturated rings. The minimum atomic E-state index is -3.47. The average molecular weight is 265 g/mol. The van der Waals surface area contributed by atoms with Crippen LogP contribution in [-0.2, 0) is 23.0 Å². The lowest BCUT2D eigenvalue weighted by Gasteiger charge is -2.06. The fourth-order valence-electron chi connectivity index (χ4n) is 1.57. The van der Waals surface area contributed by atoms with Crippen LogP contribution in [0.25, 0.3) is 0 Å². The van der Waals surface area contributed by atoms with Crippen LogP contribution in [0.3, 0.4) is 0 Å². The Kier molecular flexibility index (Phi) is 3.84. The van der Waals surface area contributed by atoms with Crippen LogP contribution in [0.15, 0.2) is 52.0 Å². The second-order valence-electron chi connectivity index (χ2n) is 3.90. The Morgan fingerprint density at radius 2 is 1.89 bits per heavy atom. The SMILES string of the molecule is CCc1ccc(S(=O)(=O)NCc2ccco2)cc1. The first-order valence-corrected chi connectivity index (χ1v) is 7.21. The number of hydrogen-bond acceptors (Lipinski definition) is 3. The monoisotopic (exact) mass is 265 g/mol. The van der Waals surface area contributed by atoms with Crippen LogP contribution in [0.5, 0.6) is 0 Å². The molecule has 0 unspecified atom stereocenters. The molecule has 2 rings (SSSR count). The molecule has 0 aliphatic carbocycles. The molecular weight excluding hydrogens is 250 g/mol. The highest BCUT2D eigenvalue weighted by Crippen LogP contribution is 2.11. The zero-order chi connectivity index (χ0) is 13.0. The van der Waals surface area contributed by atoms with Crippen molar-refractivity contribution in [1.29, 1.82) is 0 Å². The normalized spacial score (nSPS) is 11.6. The van der Waals surface area contributed by atoms with Crippen molar-refractivity contribution in [3.05, 3.63) is 54.0 Å². The molecule has 1 aromatic heterocycles. The predicted molar refractivity (Wildman–Crippen MR) is 68.6 cm³/mol. The van der Waals surface area contributed by atoms with Crippen molar-refractivity contribution < 1.29 is 12.8 Å². The fourth-order valence-corrected chi connectivity index (χ4v) is 2.56. The van der Waals surface area contributed by atoms with Crippen molar-refractivity contribution in [1.82, 2.24) is 4.72 Å². The third-order valence-corrected chi connectivity index (χ3v) is 4.08. The Morgan fingerprint density at radius 3 is 2.44 bits per heavy atom. The summed E-state index contributed by atoms with van der Waals surface area (Å²) < 4.78 is 31.5. The zero-order valence-electron chi connectivity index (χ0n) is 10.1. The van der Waals surface area contributed by atoms with Crippen LogP contribution >= 0.6 is 0 Å². The van der Waals surface area contributed by atoms with E-state index in [1.54, 1.807) is 24.3 Å². The van der Waals surface area contributed by atoms with Gasteiger partial charge in [-0.2, -0.15) is 0 Å². The van der Waals surface area contributed by atoms with Crippen LogP contribution < -0.4 is 4.72 Å². The van der Waals surface area contributed by atoms with Gasteiger partial charge in [-0.3, -0.25) is 0 Å². The quantitative estimate of drug-likeness (QED) is 0.902. The summed E-state index contributed by atoms with van der Waals surface area (Å²) in [5, 5.41) is 0. The van der Waals surface area contributed by atoms with E-state index in [-0.39, 0.29) is 11.4 Å². The summed E-state index contributed by atoms with van der Waals surface area (Å²) in [6.45, 7) is 2.18. The topological polar surface area (TPSA) is 59.3 Å². The number of benzene rings is 1. The van der Waals surface area contributed by atoms with Gasteiger partial charge in [0.15, 0.2) is 0 Å². The van der Waals surface area contributed by atoms with Crippen LogP contribution in [0.4, 0.5) is 0 Å². The molecule has 1 heterocycles. The van der Waals surface area contributed by atoms with Gasteiger partial charge in [-0.1, -0.05) is 19.1 Å². The minimum absolute atomic E-state index is 0.158. The maximum Gasteiger partial charge on any atom is 0.240 e. The third-order valence-electron chi connectivity index (χ3n) is 2.66. The van der Waals surface area contributed by atoms with Crippen LogP contribution in [0.1, 0.15) is 18.2 Å². The molecule has 0 aliphatic rings. The van der Waals surface area contributed by atoms with Crippen molar-refractivity contribution in [3.63, 3.8) is 0 Å². The number of furan rings is 1. The van der Waals surface area contributed by atoms with Gasteiger partial charge in [0.2, 0.25) is 10.0 Å². The van der Waals surface area contributed by atoms with Gasteiger partial charge in [-0.05, 0) is 36.2 Å². The van der Waals surface area contributed by atoms with E-state index in [9.17, 15) is 8.42 Å². The van der Waals surface area contributed by atoms with Gasteiger partial charge in [-0.25, -0.2) is 13.1 Å². The number of rotatable bonds is 5. The van der Waals surface area contributed by atoms with Crippen molar-refractivity contribution >= 4 is 10.0 Å². The molecule has 0 saturated carbocycles. The lowest BCUT2D eigenvalue weighted by Crippen LogP contribution is -2.22. The molecule has 0 aliphatic heterocycles. The van der Waals surface area contributed by atoms with Crippen LogP contribution in [0, 0.1) is 0 Å². The first-order chi connectivity index (χ1) is 8.62. The standard InChI is InChI=1S/C13H15NO3S/c1-2-11-5-7-13(8-6-11)18(15,16)14-10-12-4-3-9-17-12/h3-9,14H,2,10H2,1H3. The van der Waals surface area contributed by atoms with Gasteiger partial charge in [0.05, 0.1) is 17.7 Å². The molecule has 1 aromatic carbocycles. The van der Waals surface area contributed by atoms with Gasteiger partial charge in [-0.15, -0.1) is 0 Å². The summed E-state index contributed by atoms with van der Waals surface area (Å²) in [4.78, 5) is 0.270. The van der Waals surface area contributed by atoms with E-state index in [0.717, 1.165) is 12.0 Å². The van der Waals surface area contributed by atoms with Crippen molar-refractivity contribution in [2.24, 2.45) is 0 Å². The highest BCUT2D eigenvalue weighted by molar-refractivity contribution is 7.89. The van der Waals surface area contributed by atoms with Gasteiger partial charge >= 0.3 is 0 Å².